The molecule has 1 aromatic heterocycles. The number of benzene rings is 2. The third kappa shape index (κ3) is 5.31. The van der Waals surface area contributed by atoms with Crippen LogP contribution in [0.1, 0.15) is 35.7 Å². The first-order chi connectivity index (χ1) is 16.0. The maximum Gasteiger partial charge on any atom is 0.425 e. The molecule has 2 N–H and O–H groups in total. The van der Waals surface area contributed by atoms with Crippen molar-refractivity contribution < 1.29 is 41.0 Å². The first-order valence-electron chi connectivity index (χ1n) is 9.88. The molecular formula is C22H18ClF5N2O4. The Morgan fingerprint density at radius 1 is 1.26 bits per heavy atom. The Balaban J connectivity index is 2.10. The van der Waals surface area contributed by atoms with Crippen LogP contribution in [-0.4, -0.2) is 28.3 Å². The first-order valence-corrected chi connectivity index (χ1v) is 10.3. The number of carbonyl (C=O) groups is 1. The van der Waals surface area contributed by atoms with Crippen molar-refractivity contribution in [2.45, 2.75) is 39.2 Å². The number of anilines is 1. The molecule has 0 spiro atoms. The molecule has 3 aromatic rings. The molecule has 1 unspecified atom stereocenters. The number of aliphatic hydroxyl groups excluding tert-OH is 1. The Hall–Kier alpha value is -3.18. The van der Waals surface area contributed by atoms with E-state index in [9.17, 15) is 31.9 Å². The van der Waals surface area contributed by atoms with E-state index in [1.54, 1.807) is 6.92 Å². The molecule has 1 atom stereocenters. The summed E-state index contributed by atoms with van der Waals surface area (Å²) in [7, 11) is 0. The highest BCUT2D eigenvalue weighted by Crippen LogP contribution is 2.35. The minimum absolute atomic E-state index is 0.124. The number of nitrogens with zero attached hydrogens (tertiary/aromatic N) is 1. The highest BCUT2D eigenvalue weighted by Gasteiger charge is 2.39. The molecule has 0 fully saturated rings. The van der Waals surface area contributed by atoms with Crippen molar-refractivity contribution in [1.29, 1.82) is 0 Å². The Bertz CT molecular complexity index is 1170. The van der Waals surface area contributed by atoms with Crippen LogP contribution >= 0.6 is 11.6 Å². The van der Waals surface area contributed by atoms with Crippen molar-refractivity contribution in [3.63, 3.8) is 0 Å². The topological polar surface area (TPSA) is 84.6 Å². The molecular weight excluding hydrogens is 487 g/mol. The molecule has 0 radical (unpaired) electrons. The molecule has 0 bridgehead atoms. The van der Waals surface area contributed by atoms with Gasteiger partial charge in [0.25, 0.3) is 5.91 Å². The molecule has 182 valence electrons. The summed E-state index contributed by atoms with van der Waals surface area (Å²) in [5.41, 5.74) is -1.37. The number of para-hydroxylation sites is 1. The Kier molecular flexibility index (Phi) is 7.47. The second kappa shape index (κ2) is 9.98. The maximum absolute atomic E-state index is 15.0. The first kappa shape index (κ1) is 25.4. The van der Waals surface area contributed by atoms with Gasteiger partial charge in [-0.25, -0.2) is 13.8 Å². The fourth-order valence-corrected chi connectivity index (χ4v) is 3.16. The van der Waals surface area contributed by atoms with Gasteiger partial charge in [0.15, 0.2) is 6.10 Å². The quantitative estimate of drug-likeness (QED) is 0.391. The minimum atomic E-state index is -4.81. The predicted molar refractivity (Wildman–Crippen MR) is 113 cm³/mol. The molecule has 12 heteroatoms. The third-order valence-electron chi connectivity index (χ3n) is 4.76. The van der Waals surface area contributed by atoms with Gasteiger partial charge in [-0.2, -0.15) is 13.2 Å². The van der Waals surface area contributed by atoms with E-state index in [4.69, 9.17) is 20.8 Å². The van der Waals surface area contributed by atoms with Gasteiger partial charge in [0.05, 0.1) is 28.4 Å². The van der Waals surface area contributed by atoms with E-state index in [-0.39, 0.29) is 22.4 Å². The van der Waals surface area contributed by atoms with Crippen LogP contribution in [-0.2, 0) is 13.0 Å². The van der Waals surface area contributed by atoms with Crippen molar-refractivity contribution in [3.05, 3.63) is 64.0 Å². The zero-order chi connectivity index (χ0) is 25.2. The van der Waals surface area contributed by atoms with Crippen molar-refractivity contribution >= 4 is 23.2 Å². The van der Waals surface area contributed by atoms with Gasteiger partial charge >= 0.3 is 6.18 Å². The summed E-state index contributed by atoms with van der Waals surface area (Å²) in [5, 5.41) is 11.3. The van der Waals surface area contributed by atoms with Gasteiger partial charge in [-0.3, -0.25) is 4.79 Å². The average Bonchev–Trinajstić information content (AvgIpc) is 3.19. The lowest BCUT2D eigenvalue weighted by molar-refractivity contribution is -0.189. The summed E-state index contributed by atoms with van der Waals surface area (Å²) in [5.74, 6) is -3.89. The highest BCUT2D eigenvalue weighted by atomic mass is 35.5. The molecule has 0 saturated carbocycles. The van der Waals surface area contributed by atoms with Crippen LogP contribution in [0.25, 0.3) is 11.5 Å². The Morgan fingerprint density at radius 2 is 1.97 bits per heavy atom. The maximum atomic E-state index is 15.0. The van der Waals surface area contributed by atoms with Gasteiger partial charge in [0.1, 0.15) is 28.8 Å². The number of aromatic nitrogens is 1. The van der Waals surface area contributed by atoms with Gasteiger partial charge in [0, 0.05) is 6.42 Å². The normalized spacial score (nSPS) is 12.5. The Labute approximate surface area is 195 Å². The number of halogens is 6. The molecule has 6 nitrogen and oxygen atoms in total. The smallest absolute Gasteiger partial charge is 0.425 e. The van der Waals surface area contributed by atoms with E-state index in [2.05, 4.69) is 10.3 Å². The second-order valence-corrected chi connectivity index (χ2v) is 7.49. The molecule has 0 aliphatic carbocycles. The molecule has 0 saturated heterocycles. The molecule has 0 aliphatic rings. The molecule has 0 aliphatic heterocycles. The van der Waals surface area contributed by atoms with Gasteiger partial charge in [0.2, 0.25) is 5.89 Å². The molecule has 34 heavy (non-hydrogen) atoms. The zero-order valence-electron chi connectivity index (χ0n) is 17.8. The van der Waals surface area contributed by atoms with Crippen molar-refractivity contribution in [2.75, 3.05) is 5.32 Å². The predicted octanol–water partition coefficient (Wildman–Crippen LogP) is 5.91. The highest BCUT2D eigenvalue weighted by molar-refractivity contribution is 6.34. The van der Waals surface area contributed by atoms with Gasteiger partial charge in [-0.15, -0.1) is 0 Å². The van der Waals surface area contributed by atoms with Crippen molar-refractivity contribution in [3.8, 4) is 17.2 Å². The number of amides is 1. The summed E-state index contributed by atoms with van der Waals surface area (Å²) in [4.78, 5) is 16.7. The lowest BCUT2D eigenvalue weighted by Crippen LogP contribution is -2.32. The summed E-state index contributed by atoms with van der Waals surface area (Å²) < 4.78 is 78.8. The largest absolute Gasteiger partial charge is 0.480 e. The van der Waals surface area contributed by atoms with Crippen LogP contribution < -0.4 is 10.1 Å². The lowest BCUT2D eigenvalue weighted by atomic mass is 10.1. The van der Waals surface area contributed by atoms with E-state index in [0.29, 0.717) is 19.4 Å². The lowest BCUT2D eigenvalue weighted by Gasteiger charge is -2.20. The summed E-state index contributed by atoms with van der Waals surface area (Å²) in [6.07, 6.45) is -6.87. The number of alkyl halides is 3. The molecule has 1 amide bonds. The number of hydrogen-bond donors (Lipinski definition) is 2. The van der Waals surface area contributed by atoms with Gasteiger partial charge in [-0.1, -0.05) is 24.6 Å². The van der Waals surface area contributed by atoms with Crippen LogP contribution in [0.4, 0.5) is 27.6 Å². The fraction of sp³-hybridized carbons (Fsp3) is 0.273. The van der Waals surface area contributed by atoms with Crippen LogP contribution in [0, 0.1) is 11.6 Å². The van der Waals surface area contributed by atoms with Gasteiger partial charge < -0.3 is 19.6 Å². The monoisotopic (exact) mass is 504 g/mol. The number of hydrogen-bond acceptors (Lipinski definition) is 5. The SMILES string of the molecule is CCc1oc(-c2cc(OC(C)C(F)(F)F)c(C(=O)Nc3c(F)cccc3Cl)cc2F)nc1CO. The standard InChI is InChI=1S/C22H18ClF5N2O4/c1-3-17-16(9-31)29-21(34-17)11-8-18(33-10(2)22(26,27)28)12(7-15(11)25)20(32)30-19-13(23)5-4-6-14(19)24/h4-8,10,31H,3,9H2,1-2H3,(H,30,32). The summed E-state index contributed by atoms with van der Waals surface area (Å²) in [6.45, 7) is 1.88. The van der Waals surface area contributed by atoms with Gasteiger partial charge in [-0.05, 0) is 31.2 Å². The number of aryl methyl sites for hydroxylation is 1. The number of carbonyl (C=O) groups excluding carboxylic acids is 1. The molecule has 3 rings (SSSR count). The zero-order valence-corrected chi connectivity index (χ0v) is 18.5. The van der Waals surface area contributed by atoms with E-state index >= 15 is 0 Å². The number of nitrogens with one attached hydrogen (secondary N) is 1. The number of aliphatic hydroxyl groups is 1. The average molecular weight is 505 g/mol. The van der Waals surface area contributed by atoms with Crippen LogP contribution in [0.15, 0.2) is 34.7 Å². The number of rotatable bonds is 7. The van der Waals surface area contributed by atoms with Crippen LogP contribution in [0.3, 0.4) is 0 Å². The van der Waals surface area contributed by atoms with E-state index in [1.165, 1.54) is 12.1 Å². The minimum Gasteiger partial charge on any atom is -0.480 e. The number of oxazole rings is 1. The van der Waals surface area contributed by atoms with Crippen molar-refractivity contribution in [2.24, 2.45) is 0 Å². The summed E-state index contributed by atoms with van der Waals surface area (Å²) in [6, 6.07) is 5.00. The summed E-state index contributed by atoms with van der Waals surface area (Å²) >= 11 is 5.88. The fourth-order valence-electron chi connectivity index (χ4n) is 2.95. The van der Waals surface area contributed by atoms with E-state index in [0.717, 1.165) is 12.1 Å². The van der Waals surface area contributed by atoms with Crippen molar-refractivity contribution in [1.82, 2.24) is 4.98 Å². The van der Waals surface area contributed by atoms with E-state index in [1.807, 2.05) is 0 Å². The van der Waals surface area contributed by atoms with Crippen LogP contribution in [0.5, 0.6) is 5.75 Å². The second-order valence-electron chi connectivity index (χ2n) is 7.08. The Morgan fingerprint density at radius 3 is 2.53 bits per heavy atom. The number of ether oxygens (including phenoxy) is 1. The van der Waals surface area contributed by atoms with Crippen LogP contribution in [0.2, 0.25) is 5.02 Å². The third-order valence-corrected chi connectivity index (χ3v) is 5.07. The molecule has 1 heterocycles. The van der Waals surface area contributed by atoms with E-state index < -0.39 is 59.0 Å². The molecule has 2 aromatic carbocycles.